The molecular formula is C15H15NO2S3. The second kappa shape index (κ2) is 8.36. The zero-order chi connectivity index (χ0) is 15.1. The number of pyridine rings is 1. The summed E-state index contributed by atoms with van der Waals surface area (Å²) < 4.78 is 0. The van der Waals surface area contributed by atoms with Gasteiger partial charge in [-0.15, -0.1) is 0 Å². The van der Waals surface area contributed by atoms with Gasteiger partial charge >= 0.3 is 5.97 Å². The number of hydrogen-bond donors (Lipinski definition) is 1. The molecule has 3 nitrogen and oxygen atoms in total. The van der Waals surface area contributed by atoms with Gasteiger partial charge in [0.1, 0.15) is 5.03 Å². The smallest absolute Gasteiger partial charge is 0.335 e. The van der Waals surface area contributed by atoms with Crippen molar-refractivity contribution in [1.29, 1.82) is 0 Å². The maximum Gasteiger partial charge on any atom is 0.335 e. The SMILES string of the molecule is CSCc1cc(CSSc2ccccn2)cc(C(=O)O)c1. The molecule has 0 aliphatic heterocycles. The summed E-state index contributed by atoms with van der Waals surface area (Å²) in [6.45, 7) is 0. The second-order valence-corrected chi connectivity index (χ2v) is 7.47. The largest absolute Gasteiger partial charge is 0.478 e. The summed E-state index contributed by atoms with van der Waals surface area (Å²) in [5.74, 6) is 0.706. The van der Waals surface area contributed by atoms with Crippen LogP contribution in [0.5, 0.6) is 0 Å². The molecule has 0 aliphatic carbocycles. The maximum absolute atomic E-state index is 11.2. The van der Waals surface area contributed by atoms with Crippen molar-refractivity contribution in [3.05, 3.63) is 59.3 Å². The predicted octanol–water partition coefficient (Wildman–Crippen LogP) is 4.58. The number of thioether (sulfide) groups is 1. The fraction of sp³-hybridized carbons (Fsp3) is 0.200. The molecular weight excluding hydrogens is 322 g/mol. The van der Waals surface area contributed by atoms with Crippen LogP contribution in [0.25, 0.3) is 0 Å². The zero-order valence-electron chi connectivity index (χ0n) is 11.5. The number of carboxylic acids is 1. The first kappa shape index (κ1) is 16.3. The lowest BCUT2D eigenvalue weighted by Crippen LogP contribution is -1.99. The molecule has 1 aromatic heterocycles. The van der Waals surface area contributed by atoms with Gasteiger partial charge in [0.25, 0.3) is 0 Å². The Hall–Kier alpha value is -1.11. The monoisotopic (exact) mass is 337 g/mol. The van der Waals surface area contributed by atoms with E-state index in [0.29, 0.717) is 5.56 Å². The normalized spacial score (nSPS) is 10.5. The van der Waals surface area contributed by atoms with Crippen molar-refractivity contribution in [1.82, 2.24) is 4.98 Å². The van der Waals surface area contributed by atoms with Gasteiger partial charge in [-0.25, -0.2) is 9.78 Å². The number of nitrogens with zero attached hydrogens (tertiary/aromatic N) is 1. The fourth-order valence-corrected chi connectivity index (χ4v) is 4.24. The van der Waals surface area contributed by atoms with Crippen molar-refractivity contribution < 1.29 is 9.90 Å². The van der Waals surface area contributed by atoms with Gasteiger partial charge in [-0.3, -0.25) is 0 Å². The summed E-state index contributed by atoms with van der Waals surface area (Å²) in [6.07, 6.45) is 3.78. The number of carbonyl (C=O) groups is 1. The van der Waals surface area contributed by atoms with Gasteiger partial charge in [0.2, 0.25) is 0 Å². The molecule has 0 spiro atoms. The molecule has 0 fully saturated rings. The molecule has 0 saturated heterocycles. The van der Waals surface area contributed by atoms with Gasteiger partial charge in [-0.2, -0.15) is 11.8 Å². The molecule has 0 radical (unpaired) electrons. The summed E-state index contributed by atoms with van der Waals surface area (Å²) in [5.41, 5.74) is 2.45. The van der Waals surface area contributed by atoms with Crippen molar-refractivity contribution in [2.75, 3.05) is 6.26 Å². The van der Waals surface area contributed by atoms with Crippen LogP contribution in [-0.2, 0) is 11.5 Å². The third kappa shape index (κ3) is 5.30. The summed E-state index contributed by atoms with van der Waals surface area (Å²) in [7, 11) is 3.26. The standard InChI is InChI=1S/C15H15NO2S3/c1-19-9-11-6-12(8-13(7-11)15(17)18)10-20-21-14-4-2-3-5-16-14/h2-8H,9-10H2,1H3,(H,17,18). The Morgan fingerprint density at radius 1 is 1.19 bits per heavy atom. The van der Waals surface area contributed by atoms with E-state index in [-0.39, 0.29) is 0 Å². The van der Waals surface area contributed by atoms with E-state index in [0.717, 1.165) is 27.7 Å². The van der Waals surface area contributed by atoms with Gasteiger partial charge in [0.05, 0.1) is 5.56 Å². The number of aromatic nitrogens is 1. The summed E-state index contributed by atoms with van der Waals surface area (Å²) in [4.78, 5) is 15.4. The zero-order valence-corrected chi connectivity index (χ0v) is 13.9. The highest BCUT2D eigenvalue weighted by Crippen LogP contribution is 2.32. The van der Waals surface area contributed by atoms with E-state index in [1.807, 2.05) is 24.5 Å². The molecule has 2 rings (SSSR count). The van der Waals surface area contributed by atoms with E-state index >= 15 is 0 Å². The Morgan fingerprint density at radius 3 is 2.57 bits per heavy atom. The molecule has 110 valence electrons. The van der Waals surface area contributed by atoms with Crippen LogP contribution >= 0.6 is 33.3 Å². The lowest BCUT2D eigenvalue weighted by molar-refractivity contribution is 0.0696. The molecule has 1 aromatic carbocycles. The Labute approximate surface area is 136 Å². The van der Waals surface area contributed by atoms with Crippen molar-refractivity contribution in [2.45, 2.75) is 16.5 Å². The van der Waals surface area contributed by atoms with Crippen LogP contribution < -0.4 is 0 Å². The van der Waals surface area contributed by atoms with E-state index in [1.165, 1.54) is 0 Å². The first-order valence-electron chi connectivity index (χ1n) is 6.24. The Kier molecular flexibility index (Phi) is 6.48. The minimum Gasteiger partial charge on any atom is -0.478 e. The predicted molar refractivity (Wildman–Crippen MR) is 92.0 cm³/mol. The van der Waals surface area contributed by atoms with Crippen LogP contribution in [0.1, 0.15) is 21.5 Å². The molecule has 21 heavy (non-hydrogen) atoms. The quantitative estimate of drug-likeness (QED) is 0.746. The number of rotatable bonds is 7. The van der Waals surface area contributed by atoms with Crippen molar-refractivity contribution in [3.8, 4) is 0 Å². The van der Waals surface area contributed by atoms with Gasteiger partial charge in [0, 0.05) is 17.7 Å². The molecule has 6 heteroatoms. The minimum absolute atomic E-state index is 0.361. The number of carboxylic acid groups (broad SMARTS) is 1. The molecule has 0 atom stereocenters. The van der Waals surface area contributed by atoms with Crippen LogP contribution in [0.15, 0.2) is 47.6 Å². The molecule has 0 unspecified atom stereocenters. The molecule has 0 amide bonds. The summed E-state index contributed by atoms with van der Waals surface area (Å²) >= 11 is 1.69. The number of aromatic carboxylic acids is 1. The highest BCUT2D eigenvalue weighted by Gasteiger charge is 2.07. The molecule has 1 N–H and O–H groups in total. The fourth-order valence-electron chi connectivity index (χ4n) is 1.77. The van der Waals surface area contributed by atoms with Crippen LogP contribution in [0.4, 0.5) is 0 Å². The topological polar surface area (TPSA) is 50.2 Å². The molecule has 0 bridgehead atoms. The van der Waals surface area contributed by atoms with Crippen molar-refractivity contribution in [3.63, 3.8) is 0 Å². The van der Waals surface area contributed by atoms with Gasteiger partial charge in [-0.05, 0) is 52.4 Å². The van der Waals surface area contributed by atoms with Crippen LogP contribution in [-0.4, -0.2) is 22.3 Å². The van der Waals surface area contributed by atoms with E-state index in [1.54, 1.807) is 51.7 Å². The van der Waals surface area contributed by atoms with E-state index in [2.05, 4.69) is 11.1 Å². The Bertz CT molecular complexity index is 605. The second-order valence-electron chi connectivity index (χ2n) is 4.29. The molecule has 1 heterocycles. The number of benzene rings is 1. The molecule has 0 saturated carbocycles. The van der Waals surface area contributed by atoms with Gasteiger partial charge in [-0.1, -0.05) is 22.9 Å². The Balaban J connectivity index is 2.03. The summed E-state index contributed by atoms with van der Waals surface area (Å²) in [6, 6.07) is 11.4. The lowest BCUT2D eigenvalue weighted by atomic mass is 10.1. The van der Waals surface area contributed by atoms with Crippen LogP contribution in [0, 0.1) is 0 Å². The first-order chi connectivity index (χ1) is 10.2. The maximum atomic E-state index is 11.2. The van der Waals surface area contributed by atoms with E-state index in [9.17, 15) is 9.90 Å². The van der Waals surface area contributed by atoms with Crippen molar-refractivity contribution in [2.24, 2.45) is 0 Å². The minimum atomic E-state index is -0.874. The Morgan fingerprint density at radius 2 is 1.95 bits per heavy atom. The molecule has 2 aromatic rings. The highest BCUT2D eigenvalue weighted by atomic mass is 33.1. The average molecular weight is 337 g/mol. The van der Waals surface area contributed by atoms with Gasteiger partial charge in [0.15, 0.2) is 0 Å². The van der Waals surface area contributed by atoms with E-state index in [4.69, 9.17) is 0 Å². The highest BCUT2D eigenvalue weighted by molar-refractivity contribution is 8.76. The van der Waals surface area contributed by atoms with Gasteiger partial charge < -0.3 is 5.11 Å². The van der Waals surface area contributed by atoms with Crippen LogP contribution in [0.3, 0.4) is 0 Å². The van der Waals surface area contributed by atoms with E-state index < -0.39 is 5.97 Å². The van der Waals surface area contributed by atoms with Crippen LogP contribution in [0.2, 0.25) is 0 Å². The third-order valence-electron chi connectivity index (χ3n) is 2.62. The average Bonchev–Trinajstić information content (AvgIpc) is 2.48. The number of hydrogen-bond acceptors (Lipinski definition) is 5. The molecule has 0 aliphatic rings. The first-order valence-corrected chi connectivity index (χ1v) is 9.96. The lowest BCUT2D eigenvalue weighted by Gasteiger charge is -2.07. The van der Waals surface area contributed by atoms with Crippen molar-refractivity contribution >= 4 is 39.3 Å². The summed E-state index contributed by atoms with van der Waals surface area (Å²) in [5, 5.41) is 10.1. The third-order valence-corrected chi connectivity index (χ3v) is 5.44.